The molecule has 0 spiro atoms. The highest BCUT2D eigenvalue weighted by atomic mass is 16.5. The lowest BCUT2D eigenvalue weighted by molar-refractivity contribution is 0.0926. The number of rotatable bonds is 2. The van der Waals surface area contributed by atoms with Crippen molar-refractivity contribution in [3.05, 3.63) is 58.7 Å². The maximum absolute atomic E-state index is 12.6. The number of para-hydroxylation sites is 1. The zero-order valence-corrected chi connectivity index (χ0v) is 14.1. The van der Waals surface area contributed by atoms with Gasteiger partial charge in [-0.1, -0.05) is 23.4 Å². The molecule has 2 aromatic carbocycles. The minimum absolute atomic E-state index is 0.120. The van der Waals surface area contributed by atoms with Gasteiger partial charge in [-0.2, -0.15) is 0 Å². The monoisotopic (exact) mass is 337 g/mol. The van der Waals surface area contributed by atoms with Crippen LogP contribution in [-0.2, 0) is 0 Å². The minimum atomic E-state index is -0.258. The first-order valence-corrected chi connectivity index (χ1v) is 8.20. The molecule has 1 amide bonds. The highest BCUT2D eigenvalue weighted by Gasteiger charge is 2.37. The number of amides is 1. The first-order valence-electron chi connectivity index (χ1n) is 8.20. The SMILES string of the molecule is COc1ccc(C2NC(=O)c3cccc4c3N2CC/C4=N\O)cc1C. The van der Waals surface area contributed by atoms with Gasteiger partial charge >= 0.3 is 0 Å². The minimum Gasteiger partial charge on any atom is -0.496 e. The van der Waals surface area contributed by atoms with Gasteiger partial charge in [0.05, 0.1) is 24.1 Å². The Labute approximate surface area is 145 Å². The lowest BCUT2D eigenvalue weighted by atomic mass is 9.92. The molecule has 0 saturated heterocycles. The summed E-state index contributed by atoms with van der Waals surface area (Å²) in [6, 6.07) is 11.4. The fraction of sp³-hybridized carbons (Fsp3) is 0.263. The summed E-state index contributed by atoms with van der Waals surface area (Å²) in [6.07, 6.45) is 0.361. The number of benzene rings is 2. The summed E-state index contributed by atoms with van der Waals surface area (Å²) < 4.78 is 5.33. The topological polar surface area (TPSA) is 74.2 Å². The predicted molar refractivity (Wildman–Crippen MR) is 94.7 cm³/mol. The van der Waals surface area contributed by atoms with Crippen LogP contribution in [-0.4, -0.2) is 30.5 Å². The Morgan fingerprint density at radius 2 is 2.08 bits per heavy atom. The number of nitrogens with zero attached hydrogens (tertiary/aromatic N) is 2. The molecule has 6 nitrogen and oxygen atoms in total. The average molecular weight is 337 g/mol. The Morgan fingerprint density at radius 3 is 2.80 bits per heavy atom. The molecule has 2 N–H and O–H groups in total. The Balaban J connectivity index is 1.84. The third-order valence-corrected chi connectivity index (χ3v) is 4.90. The Kier molecular flexibility index (Phi) is 3.60. The van der Waals surface area contributed by atoms with Gasteiger partial charge in [0.25, 0.3) is 5.91 Å². The van der Waals surface area contributed by atoms with Crippen molar-refractivity contribution in [3.63, 3.8) is 0 Å². The van der Waals surface area contributed by atoms with Crippen LogP contribution in [0.4, 0.5) is 5.69 Å². The summed E-state index contributed by atoms with van der Waals surface area (Å²) >= 11 is 0. The molecule has 6 heteroatoms. The molecular formula is C19H19N3O3. The molecular weight excluding hydrogens is 318 g/mol. The molecule has 0 fully saturated rings. The van der Waals surface area contributed by atoms with Crippen molar-refractivity contribution in [1.82, 2.24) is 5.32 Å². The number of aryl methyl sites for hydroxylation is 1. The van der Waals surface area contributed by atoms with E-state index < -0.39 is 0 Å². The van der Waals surface area contributed by atoms with Gasteiger partial charge in [0, 0.05) is 18.5 Å². The van der Waals surface area contributed by atoms with Gasteiger partial charge in [0.2, 0.25) is 0 Å². The molecule has 2 aliphatic rings. The lowest BCUT2D eigenvalue weighted by Crippen LogP contribution is -2.49. The quantitative estimate of drug-likeness (QED) is 0.653. The number of anilines is 1. The highest BCUT2D eigenvalue weighted by molar-refractivity contribution is 6.13. The fourth-order valence-electron chi connectivity index (χ4n) is 3.72. The maximum atomic E-state index is 12.6. The van der Waals surface area contributed by atoms with Crippen LogP contribution in [0.25, 0.3) is 0 Å². The van der Waals surface area contributed by atoms with Crippen LogP contribution in [0.1, 0.15) is 39.6 Å². The van der Waals surface area contributed by atoms with Gasteiger partial charge in [-0.3, -0.25) is 4.79 Å². The molecule has 0 aromatic heterocycles. The molecule has 128 valence electrons. The van der Waals surface area contributed by atoms with Crippen molar-refractivity contribution in [2.45, 2.75) is 19.5 Å². The molecule has 2 aliphatic heterocycles. The van der Waals surface area contributed by atoms with Crippen molar-refractivity contribution >= 4 is 17.3 Å². The van der Waals surface area contributed by atoms with E-state index in [-0.39, 0.29) is 12.1 Å². The van der Waals surface area contributed by atoms with E-state index in [1.165, 1.54) is 0 Å². The fourth-order valence-corrected chi connectivity index (χ4v) is 3.72. The van der Waals surface area contributed by atoms with Crippen molar-refractivity contribution in [3.8, 4) is 5.75 Å². The van der Waals surface area contributed by atoms with Crippen LogP contribution in [0, 0.1) is 6.92 Å². The summed E-state index contributed by atoms with van der Waals surface area (Å²) in [4.78, 5) is 14.8. The molecule has 0 bridgehead atoms. The molecule has 1 atom stereocenters. The Bertz CT molecular complexity index is 891. The number of carbonyl (C=O) groups is 1. The number of oxime groups is 1. The molecule has 0 aliphatic carbocycles. The molecule has 25 heavy (non-hydrogen) atoms. The third-order valence-electron chi connectivity index (χ3n) is 4.90. The maximum Gasteiger partial charge on any atom is 0.255 e. The second-order valence-corrected chi connectivity index (χ2v) is 6.30. The van der Waals surface area contributed by atoms with Crippen LogP contribution < -0.4 is 15.0 Å². The van der Waals surface area contributed by atoms with Crippen molar-refractivity contribution < 1.29 is 14.7 Å². The van der Waals surface area contributed by atoms with Gasteiger partial charge in [-0.05, 0) is 36.2 Å². The summed E-state index contributed by atoms with van der Waals surface area (Å²) in [7, 11) is 1.65. The first-order chi connectivity index (χ1) is 12.1. The van der Waals surface area contributed by atoms with Gasteiger partial charge in [-0.15, -0.1) is 0 Å². The zero-order valence-electron chi connectivity index (χ0n) is 14.1. The highest BCUT2D eigenvalue weighted by Crippen LogP contribution is 2.39. The molecule has 0 saturated carbocycles. The zero-order chi connectivity index (χ0) is 17.6. The summed E-state index contributed by atoms with van der Waals surface area (Å²) in [5.74, 6) is 0.700. The van der Waals surface area contributed by atoms with E-state index in [9.17, 15) is 10.0 Å². The molecule has 2 heterocycles. The summed E-state index contributed by atoms with van der Waals surface area (Å²) in [5.41, 5.74) is 4.90. The van der Waals surface area contributed by atoms with Crippen LogP contribution in [0.2, 0.25) is 0 Å². The van der Waals surface area contributed by atoms with E-state index in [1.807, 2.05) is 37.3 Å². The van der Waals surface area contributed by atoms with Crippen LogP contribution in [0.3, 0.4) is 0 Å². The van der Waals surface area contributed by atoms with E-state index in [1.54, 1.807) is 13.2 Å². The number of carbonyl (C=O) groups excluding carboxylic acids is 1. The normalized spacial score (nSPS) is 20.2. The van der Waals surface area contributed by atoms with Gasteiger partial charge in [-0.25, -0.2) is 0 Å². The van der Waals surface area contributed by atoms with Crippen molar-refractivity contribution in [1.29, 1.82) is 0 Å². The number of methoxy groups -OCH3 is 1. The van der Waals surface area contributed by atoms with Gasteiger partial charge in [0.1, 0.15) is 11.9 Å². The van der Waals surface area contributed by atoms with Crippen molar-refractivity contribution in [2.75, 3.05) is 18.6 Å². The second kappa shape index (κ2) is 5.81. The molecule has 4 rings (SSSR count). The number of hydrogen-bond donors (Lipinski definition) is 2. The van der Waals surface area contributed by atoms with Gasteiger partial charge < -0.3 is 20.2 Å². The van der Waals surface area contributed by atoms with Crippen LogP contribution >= 0.6 is 0 Å². The van der Waals surface area contributed by atoms with Crippen molar-refractivity contribution in [2.24, 2.45) is 5.16 Å². The molecule has 2 aromatic rings. The van der Waals surface area contributed by atoms with Gasteiger partial charge in [0.15, 0.2) is 0 Å². The number of hydrogen-bond acceptors (Lipinski definition) is 5. The summed E-state index contributed by atoms with van der Waals surface area (Å²) in [5, 5.41) is 15.8. The lowest BCUT2D eigenvalue weighted by Gasteiger charge is -2.43. The standard InChI is InChI=1S/C19H19N3O3/c1-11-10-12(6-7-16(11)25-2)18-20-19(23)14-5-3-4-13-15(21-24)8-9-22(18)17(13)14/h3-7,10,18,24H,8-9H2,1-2H3,(H,20,23)/b21-15+. The van der Waals surface area contributed by atoms with Crippen LogP contribution in [0.5, 0.6) is 5.75 Å². The smallest absolute Gasteiger partial charge is 0.255 e. The molecule has 1 unspecified atom stereocenters. The van der Waals surface area contributed by atoms with E-state index in [2.05, 4.69) is 15.4 Å². The van der Waals surface area contributed by atoms with E-state index >= 15 is 0 Å². The number of ether oxygens (including phenoxy) is 1. The average Bonchev–Trinajstić information content (AvgIpc) is 2.64. The summed E-state index contributed by atoms with van der Waals surface area (Å²) in [6.45, 7) is 2.65. The molecule has 0 radical (unpaired) electrons. The Morgan fingerprint density at radius 1 is 1.28 bits per heavy atom. The number of nitrogens with one attached hydrogen (secondary N) is 1. The predicted octanol–water partition coefficient (Wildman–Crippen LogP) is 2.83. The van der Waals surface area contributed by atoms with E-state index in [4.69, 9.17) is 4.74 Å². The van der Waals surface area contributed by atoms with E-state index in [0.29, 0.717) is 24.2 Å². The van der Waals surface area contributed by atoms with Crippen LogP contribution in [0.15, 0.2) is 41.6 Å². The first kappa shape index (κ1) is 15.5. The third kappa shape index (κ3) is 2.33. The second-order valence-electron chi connectivity index (χ2n) is 6.30. The largest absolute Gasteiger partial charge is 0.496 e. The Hall–Kier alpha value is -3.02. The van der Waals surface area contributed by atoms with E-state index in [0.717, 1.165) is 28.1 Å².